The van der Waals surface area contributed by atoms with Gasteiger partial charge in [-0.15, -0.1) is 10.2 Å². The summed E-state index contributed by atoms with van der Waals surface area (Å²) in [6.07, 6.45) is -0.378. The summed E-state index contributed by atoms with van der Waals surface area (Å²) < 4.78 is 26.1. The van der Waals surface area contributed by atoms with Gasteiger partial charge in [-0.25, -0.2) is 4.39 Å². The highest BCUT2D eigenvalue weighted by molar-refractivity contribution is 8.00. The molecule has 0 aliphatic rings. The number of benzene rings is 2. The zero-order valence-electron chi connectivity index (χ0n) is 17.1. The van der Waals surface area contributed by atoms with Crippen molar-refractivity contribution in [3.63, 3.8) is 0 Å². The van der Waals surface area contributed by atoms with E-state index < -0.39 is 5.25 Å². The third kappa shape index (κ3) is 5.10. The third-order valence-corrected chi connectivity index (χ3v) is 5.50. The van der Waals surface area contributed by atoms with Crippen molar-refractivity contribution in [1.82, 2.24) is 14.8 Å². The Kier molecular flexibility index (Phi) is 6.94. The molecule has 0 spiro atoms. The van der Waals surface area contributed by atoms with Crippen molar-refractivity contribution in [2.45, 2.75) is 30.4 Å². The number of nitrogens with one attached hydrogen (secondary N) is 1. The Morgan fingerprint density at radius 2 is 1.77 bits per heavy atom. The Hall–Kier alpha value is -3.07. The highest BCUT2D eigenvalue weighted by Gasteiger charge is 2.22. The average molecular weight is 431 g/mol. The molecule has 3 rings (SSSR count). The van der Waals surface area contributed by atoms with E-state index in [1.807, 2.05) is 38.2 Å². The normalized spacial score (nSPS) is 12.8. The molecule has 0 aliphatic heterocycles. The number of halogens is 1. The van der Waals surface area contributed by atoms with Crippen molar-refractivity contribution >= 4 is 23.4 Å². The van der Waals surface area contributed by atoms with Crippen molar-refractivity contribution < 1.29 is 18.7 Å². The average Bonchev–Trinajstić information content (AvgIpc) is 3.10. The number of hydrogen-bond acceptors (Lipinski definition) is 6. The molecule has 9 heteroatoms. The molecule has 1 amide bonds. The van der Waals surface area contributed by atoms with Crippen molar-refractivity contribution in [1.29, 1.82) is 0 Å². The first-order valence-electron chi connectivity index (χ1n) is 9.31. The Labute approximate surface area is 178 Å². The Bertz CT molecular complexity index is 1010. The highest BCUT2D eigenvalue weighted by Crippen LogP contribution is 2.31. The van der Waals surface area contributed by atoms with Gasteiger partial charge >= 0.3 is 0 Å². The number of rotatable bonds is 8. The van der Waals surface area contributed by atoms with Crippen LogP contribution in [0.3, 0.4) is 0 Å². The second kappa shape index (κ2) is 9.62. The Balaban J connectivity index is 1.65. The number of carbonyl (C=O) groups excluding carboxylic acids is 1. The van der Waals surface area contributed by atoms with Crippen LogP contribution in [0.15, 0.2) is 53.7 Å². The number of amides is 1. The summed E-state index contributed by atoms with van der Waals surface area (Å²) in [6, 6.07) is 13.0. The van der Waals surface area contributed by atoms with E-state index in [2.05, 4.69) is 15.5 Å². The number of methoxy groups -OCH3 is 1. The van der Waals surface area contributed by atoms with Crippen molar-refractivity contribution in [3.8, 4) is 11.5 Å². The minimum atomic E-state index is -0.434. The first-order valence-corrected chi connectivity index (χ1v) is 10.2. The molecular weight excluding hydrogens is 407 g/mol. The molecule has 3 aromatic rings. The van der Waals surface area contributed by atoms with Gasteiger partial charge in [0.1, 0.15) is 5.82 Å². The second-order valence-electron chi connectivity index (χ2n) is 6.57. The number of para-hydroxylation sites is 2. The van der Waals surface area contributed by atoms with Crippen molar-refractivity contribution in [2.75, 3.05) is 12.4 Å². The number of carbonyl (C=O) groups is 1. The molecule has 0 radical (unpaired) electrons. The van der Waals surface area contributed by atoms with Crippen LogP contribution >= 0.6 is 11.8 Å². The number of ether oxygens (including phenoxy) is 2. The van der Waals surface area contributed by atoms with Gasteiger partial charge in [0.2, 0.25) is 5.91 Å². The molecule has 7 nitrogen and oxygen atoms in total. The van der Waals surface area contributed by atoms with Gasteiger partial charge in [0.15, 0.2) is 28.6 Å². The topological polar surface area (TPSA) is 78.3 Å². The Morgan fingerprint density at radius 3 is 2.43 bits per heavy atom. The summed E-state index contributed by atoms with van der Waals surface area (Å²) in [6.45, 7) is 3.64. The first-order chi connectivity index (χ1) is 14.4. The molecule has 30 heavy (non-hydrogen) atoms. The lowest BCUT2D eigenvalue weighted by Crippen LogP contribution is -2.23. The lowest BCUT2D eigenvalue weighted by Gasteiger charge is -2.16. The monoisotopic (exact) mass is 430 g/mol. The van der Waals surface area contributed by atoms with Gasteiger partial charge in [0.05, 0.1) is 12.4 Å². The molecule has 1 N–H and O–H groups in total. The van der Waals surface area contributed by atoms with Gasteiger partial charge in [-0.1, -0.05) is 23.9 Å². The molecule has 0 fully saturated rings. The summed E-state index contributed by atoms with van der Waals surface area (Å²) in [5.74, 6) is 1.29. The molecule has 2 atom stereocenters. The standard InChI is InChI=1S/C21H23FN4O3S/c1-13(29-18-8-6-5-7-17(18)28-4)19-24-25-21(26(19)3)30-14(2)20(27)23-16-11-9-15(22)10-12-16/h5-14H,1-4H3,(H,23,27). The molecule has 0 bridgehead atoms. The van der Waals surface area contributed by atoms with Crippen LogP contribution in [0.4, 0.5) is 10.1 Å². The van der Waals surface area contributed by atoms with Crippen molar-refractivity contribution in [3.05, 3.63) is 60.2 Å². The summed E-state index contributed by atoms with van der Waals surface area (Å²) in [5.41, 5.74) is 0.534. The molecule has 0 aliphatic carbocycles. The molecule has 2 unspecified atom stereocenters. The summed E-state index contributed by atoms with van der Waals surface area (Å²) >= 11 is 1.28. The van der Waals surface area contributed by atoms with Gasteiger partial charge in [0, 0.05) is 12.7 Å². The summed E-state index contributed by atoms with van der Waals surface area (Å²) in [7, 11) is 3.41. The minimum Gasteiger partial charge on any atom is -0.493 e. The number of aromatic nitrogens is 3. The quantitative estimate of drug-likeness (QED) is 0.539. The number of thioether (sulfide) groups is 1. The molecule has 0 saturated heterocycles. The van der Waals surface area contributed by atoms with E-state index in [9.17, 15) is 9.18 Å². The van der Waals surface area contributed by atoms with Gasteiger partial charge in [-0.3, -0.25) is 4.79 Å². The lowest BCUT2D eigenvalue weighted by atomic mass is 10.3. The highest BCUT2D eigenvalue weighted by atomic mass is 32.2. The van der Waals surface area contributed by atoms with Crippen LogP contribution in [0.1, 0.15) is 25.8 Å². The maximum Gasteiger partial charge on any atom is 0.237 e. The molecule has 1 aromatic heterocycles. The van der Waals surface area contributed by atoms with E-state index in [0.29, 0.717) is 28.2 Å². The summed E-state index contributed by atoms with van der Waals surface area (Å²) in [5, 5.41) is 11.3. The van der Waals surface area contributed by atoms with Crippen molar-refractivity contribution in [2.24, 2.45) is 7.05 Å². The van der Waals surface area contributed by atoms with E-state index in [1.165, 1.54) is 36.0 Å². The smallest absolute Gasteiger partial charge is 0.237 e. The van der Waals surface area contributed by atoms with Crippen LogP contribution in [-0.2, 0) is 11.8 Å². The van der Waals surface area contributed by atoms with Crippen LogP contribution in [0, 0.1) is 5.82 Å². The van der Waals surface area contributed by atoms with Gasteiger partial charge in [-0.05, 0) is 50.2 Å². The molecule has 2 aromatic carbocycles. The van der Waals surface area contributed by atoms with E-state index in [-0.39, 0.29) is 17.8 Å². The maximum absolute atomic E-state index is 13.0. The van der Waals surface area contributed by atoms with Crippen LogP contribution in [0.25, 0.3) is 0 Å². The van der Waals surface area contributed by atoms with E-state index in [1.54, 1.807) is 18.6 Å². The van der Waals surface area contributed by atoms with E-state index in [0.717, 1.165) is 0 Å². The zero-order chi connectivity index (χ0) is 21.7. The van der Waals surface area contributed by atoms with Crippen LogP contribution < -0.4 is 14.8 Å². The fraction of sp³-hybridized carbons (Fsp3) is 0.286. The summed E-state index contributed by atoms with van der Waals surface area (Å²) in [4.78, 5) is 12.4. The fourth-order valence-corrected chi connectivity index (χ4v) is 3.55. The second-order valence-corrected chi connectivity index (χ2v) is 7.87. The first kappa shape index (κ1) is 21.6. The maximum atomic E-state index is 13.0. The van der Waals surface area contributed by atoms with Gasteiger partial charge in [0.25, 0.3) is 0 Å². The molecule has 1 heterocycles. The van der Waals surface area contributed by atoms with E-state index in [4.69, 9.17) is 9.47 Å². The largest absolute Gasteiger partial charge is 0.493 e. The third-order valence-electron chi connectivity index (χ3n) is 4.37. The fourth-order valence-electron chi connectivity index (χ4n) is 2.73. The predicted molar refractivity (Wildman–Crippen MR) is 113 cm³/mol. The molecule has 158 valence electrons. The minimum absolute atomic E-state index is 0.213. The number of nitrogens with zero attached hydrogens (tertiary/aromatic N) is 3. The van der Waals surface area contributed by atoms with Gasteiger partial charge in [-0.2, -0.15) is 0 Å². The number of anilines is 1. The van der Waals surface area contributed by atoms with E-state index >= 15 is 0 Å². The predicted octanol–water partition coefficient (Wildman–Crippen LogP) is 4.22. The van der Waals surface area contributed by atoms with Crippen LogP contribution in [0.5, 0.6) is 11.5 Å². The SMILES string of the molecule is COc1ccccc1OC(C)c1nnc(SC(C)C(=O)Nc2ccc(F)cc2)n1C. The Morgan fingerprint density at radius 1 is 1.10 bits per heavy atom. The number of hydrogen-bond donors (Lipinski definition) is 1. The lowest BCUT2D eigenvalue weighted by molar-refractivity contribution is -0.115. The van der Waals surface area contributed by atoms with Crippen LogP contribution in [-0.4, -0.2) is 33.0 Å². The molecular formula is C21H23FN4O3S. The van der Waals surface area contributed by atoms with Gasteiger partial charge < -0.3 is 19.4 Å². The molecule has 0 saturated carbocycles. The zero-order valence-corrected chi connectivity index (χ0v) is 17.9. The van der Waals surface area contributed by atoms with Crippen LogP contribution in [0.2, 0.25) is 0 Å².